The lowest BCUT2D eigenvalue weighted by atomic mass is 10.0. The summed E-state index contributed by atoms with van der Waals surface area (Å²) in [5.74, 6) is 0. The fourth-order valence-corrected chi connectivity index (χ4v) is 3.43. The first-order valence-electron chi connectivity index (χ1n) is 7.90. The van der Waals surface area contributed by atoms with E-state index >= 15 is 0 Å². The van der Waals surface area contributed by atoms with Crippen LogP contribution in [0.5, 0.6) is 0 Å². The van der Waals surface area contributed by atoms with Gasteiger partial charge in [0.25, 0.3) is 0 Å². The van der Waals surface area contributed by atoms with Gasteiger partial charge in [0.2, 0.25) is 0 Å². The van der Waals surface area contributed by atoms with Gasteiger partial charge in [-0.2, -0.15) is 0 Å². The number of rotatable bonds is 6. The Morgan fingerprint density at radius 3 is 2.70 bits per heavy atom. The number of unbranched alkanes of at least 4 members (excludes halogenated alkanes) is 1. The van der Waals surface area contributed by atoms with Crippen molar-refractivity contribution in [3.05, 3.63) is 33.8 Å². The SMILES string of the molecule is CCCCN1CCC(NCc2ccc(C)cc2Br)CC1. The van der Waals surface area contributed by atoms with E-state index in [9.17, 15) is 0 Å². The summed E-state index contributed by atoms with van der Waals surface area (Å²) < 4.78 is 1.23. The normalized spacial score (nSPS) is 17.6. The molecule has 0 aromatic heterocycles. The second-order valence-corrected chi connectivity index (χ2v) is 6.80. The van der Waals surface area contributed by atoms with Crippen molar-refractivity contribution in [1.29, 1.82) is 0 Å². The minimum absolute atomic E-state index is 0.682. The Morgan fingerprint density at radius 1 is 1.30 bits per heavy atom. The summed E-state index contributed by atoms with van der Waals surface area (Å²) in [5.41, 5.74) is 2.67. The highest BCUT2D eigenvalue weighted by Gasteiger charge is 2.18. The number of piperidine rings is 1. The summed E-state index contributed by atoms with van der Waals surface area (Å²) in [6, 6.07) is 7.29. The molecule has 1 aromatic carbocycles. The maximum absolute atomic E-state index is 3.72. The molecule has 0 radical (unpaired) electrons. The van der Waals surface area contributed by atoms with Crippen LogP contribution in [0.25, 0.3) is 0 Å². The van der Waals surface area contributed by atoms with Crippen molar-refractivity contribution in [2.75, 3.05) is 19.6 Å². The van der Waals surface area contributed by atoms with Gasteiger partial charge >= 0.3 is 0 Å². The number of nitrogens with zero attached hydrogens (tertiary/aromatic N) is 1. The van der Waals surface area contributed by atoms with Crippen LogP contribution in [0.3, 0.4) is 0 Å². The van der Waals surface area contributed by atoms with Crippen LogP contribution in [-0.2, 0) is 6.54 Å². The molecule has 0 saturated carbocycles. The quantitative estimate of drug-likeness (QED) is 0.839. The fraction of sp³-hybridized carbons (Fsp3) is 0.647. The molecule has 0 amide bonds. The Bertz CT molecular complexity index is 411. The van der Waals surface area contributed by atoms with Gasteiger partial charge in [0.05, 0.1) is 0 Å². The Labute approximate surface area is 132 Å². The maximum atomic E-state index is 3.72. The molecule has 0 atom stereocenters. The summed E-state index contributed by atoms with van der Waals surface area (Å²) >= 11 is 3.66. The lowest BCUT2D eigenvalue weighted by molar-refractivity contribution is 0.195. The zero-order valence-electron chi connectivity index (χ0n) is 12.8. The maximum Gasteiger partial charge on any atom is 0.0222 e. The Morgan fingerprint density at radius 2 is 2.05 bits per heavy atom. The van der Waals surface area contributed by atoms with Crippen LogP contribution < -0.4 is 5.32 Å². The third-order valence-corrected chi connectivity index (χ3v) is 4.94. The van der Waals surface area contributed by atoms with Crippen LogP contribution in [0.2, 0.25) is 0 Å². The van der Waals surface area contributed by atoms with E-state index in [-0.39, 0.29) is 0 Å². The summed E-state index contributed by atoms with van der Waals surface area (Å²) in [5, 5.41) is 3.72. The first kappa shape index (κ1) is 16.0. The van der Waals surface area contributed by atoms with Crippen molar-refractivity contribution >= 4 is 15.9 Å². The average molecular weight is 339 g/mol. The number of benzene rings is 1. The molecular weight excluding hydrogens is 312 g/mol. The van der Waals surface area contributed by atoms with Crippen molar-refractivity contribution in [3.8, 4) is 0 Å². The number of hydrogen-bond donors (Lipinski definition) is 1. The van der Waals surface area contributed by atoms with Crippen LogP contribution in [0.4, 0.5) is 0 Å². The summed E-state index contributed by atoms with van der Waals surface area (Å²) in [6.07, 6.45) is 5.22. The molecule has 0 spiro atoms. The molecule has 0 bridgehead atoms. The summed E-state index contributed by atoms with van der Waals surface area (Å²) in [4.78, 5) is 2.61. The van der Waals surface area contributed by atoms with Crippen LogP contribution >= 0.6 is 15.9 Å². The Kier molecular flexibility index (Phi) is 6.53. The Balaban J connectivity index is 1.73. The van der Waals surface area contributed by atoms with Gasteiger partial charge in [-0.25, -0.2) is 0 Å². The van der Waals surface area contributed by atoms with Crippen LogP contribution in [0, 0.1) is 6.92 Å². The van der Waals surface area contributed by atoms with E-state index in [4.69, 9.17) is 0 Å². The van der Waals surface area contributed by atoms with Crippen molar-refractivity contribution in [2.24, 2.45) is 0 Å². The first-order valence-corrected chi connectivity index (χ1v) is 8.69. The van der Waals surface area contributed by atoms with Crippen molar-refractivity contribution in [2.45, 2.75) is 52.1 Å². The van der Waals surface area contributed by atoms with E-state index in [1.807, 2.05) is 0 Å². The number of likely N-dealkylation sites (tertiary alicyclic amines) is 1. The molecule has 0 unspecified atom stereocenters. The van der Waals surface area contributed by atoms with Crippen LogP contribution in [-0.4, -0.2) is 30.6 Å². The molecule has 1 aliphatic rings. The van der Waals surface area contributed by atoms with Crippen molar-refractivity contribution in [3.63, 3.8) is 0 Å². The van der Waals surface area contributed by atoms with Gasteiger partial charge in [-0.05, 0) is 63.0 Å². The number of nitrogens with one attached hydrogen (secondary N) is 1. The first-order chi connectivity index (χ1) is 9.69. The van der Waals surface area contributed by atoms with E-state index < -0.39 is 0 Å². The highest BCUT2D eigenvalue weighted by molar-refractivity contribution is 9.10. The molecule has 1 saturated heterocycles. The topological polar surface area (TPSA) is 15.3 Å². The molecule has 112 valence electrons. The zero-order valence-corrected chi connectivity index (χ0v) is 14.4. The molecule has 2 nitrogen and oxygen atoms in total. The second kappa shape index (κ2) is 8.16. The van der Waals surface area contributed by atoms with Gasteiger partial charge in [-0.3, -0.25) is 0 Å². The minimum atomic E-state index is 0.682. The molecule has 1 fully saturated rings. The zero-order chi connectivity index (χ0) is 14.4. The molecule has 3 heteroatoms. The molecule has 1 aromatic rings. The average Bonchev–Trinajstić information content (AvgIpc) is 2.45. The van der Waals surface area contributed by atoms with Gasteiger partial charge in [-0.15, -0.1) is 0 Å². The second-order valence-electron chi connectivity index (χ2n) is 5.95. The molecule has 0 aliphatic carbocycles. The molecule has 1 heterocycles. The molecule has 1 aliphatic heterocycles. The largest absolute Gasteiger partial charge is 0.310 e. The molecule has 20 heavy (non-hydrogen) atoms. The Hall–Kier alpha value is -0.380. The van der Waals surface area contributed by atoms with Crippen LogP contribution in [0.15, 0.2) is 22.7 Å². The van der Waals surface area contributed by atoms with Gasteiger partial charge in [0, 0.05) is 17.1 Å². The molecule has 2 rings (SSSR count). The van der Waals surface area contributed by atoms with Gasteiger partial charge in [-0.1, -0.05) is 41.4 Å². The number of hydrogen-bond acceptors (Lipinski definition) is 2. The predicted molar refractivity (Wildman–Crippen MR) is 90.1 cm³/mol. The highest BCUT2D eigenvalue weighted by Crippen LogP contribution is 2.19. The van der Waals surface area contributed by atoms with Crippen molar-refractivity contribution < 1.29 is 0 Å². The lowest BCUT2D eigenvalue weighted by Gasteiger charge is -2.32. The summed E-state index contributed by atoms with van der Waals surface area (Å²) in [7, 11) is 0. The third kappa shape index (κ3) is 4.87. The van der Waals surface area contributed by atoms with E-state index in [2.05, 4.69) is 58.2 Å². The lowest BCUT2D eigenvalue weighted by Crippen LogP contribution is -2.42. The molecule has 1 N–H and O–H groups in total. The number of halogens is 1. The van der Waals surface area contributed by atoms with E-state index in [0.717, 1.165) is 6.54 Å². The van der Waals surface area contributed by atoms with E-state index in [1.54, 1.807) is 0 Å². The number of aryl methyl sites for hydroxylation is 1. The fourth-order valence-electron chi connectivity index (χ4n) is 2.79. The predicted octanol–water partition coefficient (Wildman–Crippen LogP) is 4.11. The molecular formula is C17H27BrN2. The van der Waals surface area contributed by atoms with Gasteiger partial charge < -0.3 is 10.2 Å². The van der Waals surface area contributed by atoms with E-state index in [1.165, 1.54) is 60.9 Å². The van der Waals surface area contributed by atoms with Gasteiger partial charge in [0.15, 0.2) is 0 Å². The highest BCUT2D eigenvalue weighted by atomic mass is 79.9. The van der Waals surface area contributed by atoms with Gasteiger partial charge in [0.1, 0.15) is 0 Å². The standard InChI is InChI=1S/C17H27BrN2/c1-3-4-9-20-10-7-16(8-11-20)19-13-15-6-5-14(2)12-17(15)18/h5-6,12,16,19H,3-4,7-11,13H2,1-2H3. The van der Waals surface area contributed by atoms with Crippen LogP contribution in [0.1, 0.15) is 43.7 Å². The smallest absolute Gasteiger partial charge is 0.0222 e. The third-order valence-electron chi connectivity index (χ3n) is 4.21. The minimum Gasteiger partial charge on any atom is -0.310 e. The van der Waals surface area contributed by atoms with E-state index in [0.29, 0.717) is 6.04 Å². The monoisotopic (exact) mass is 338 g/mol. The summed E-state index contributed by atoms with van der Waals surface area (Å²) in [6.45, 7) is 9.18. The van der Waals surface area contributed by atoms with Crippen molar-refractivity contribution in [1.82, 2.24) is 10.2 Å².